The first-order valence-electron chi connectivity index (χ1n) is 5.61. The fourth-order valence-electron chi connectivity index (χ4n) is 2.15. The van der Waals surface area contributed by atoms with Crippen LogP contribution in [0, 0.1) is 19.8 Å². The minimum Gasteiger partial charge on any atom is -0.491 e. The number of hydrogen-bond acceptors (Lipinski definition) is 3. The number of alkyl halides is 3. The molecule has 102 valence electrons. The number of carbonyl (C=O) groups is 2. The van der Waals surface area contributed by atoms with Crippen molar-refractivity contribution in [3.63, 3.8) is 0 Å². The number of hydrogen-bond donors (Lipinski definition) is 0. The molecule has 1 aliphatic heterocycles. The van der Waals surface area contributed by atoms with Crippen LogP contribution in [0.2, 0.25) is 0 Å². The summed E-state index contributed by atoms with van der Waals surface area (Å²) in [5.41, 5.74) is 1.45. The highest BCUT2D eigenvalue weighted by atomic mass is 19.4. The van der Waals surface area contributed by atoms with Crippen molar-refractivity contribution >= 4 is 11.6 Å². The summed E-state index contributed by atoms with van der Waals surface area (Å²) in [6.07, 6.45) is -5.03. The van der Waals surface area contributed by atoms with Gasteiger partial charge in [-0.3, -0.25) is 9.59 Å². The number of aryl methyl sites for hydroxylation is 2. The molecule has 0 amide bonds. The van der Waals surface area contributed by atoms with Crippen LogP contribution in [0.3, 0.4) is 0 Å². The first kappa shape index (κ1) is 13.6. The van der Waals surface area contributed by atoms with Gasteiger partial charge < -0.3 is 4.74 Å². The first-order valence-corrected chi connectivity index (χ1v) is 5.61. The van der Waals surface area contributed by atoms with Crippen LogP contribution in [-0.2, 0) is 4.79 Å². The van der Waals surface area contributed by atoms with Crippen molar-refractivity contribution in [1.29, 1.82) is 0 Å². The van der Waals surface area contributed by atoms with Gasteiger partial charge in [0.25, 0.3) is 5.78 Å². The minimum absolute atomic E-state index is 0.0475. The number of ketones is 2. The van der Waals surface area contributed by atoms with E-state index in [1.165, 1.54) is 6.07 Å². The quantitative estimate of drug-likeness (QED) is 0.738. The largest absolute Gasteiger partial charge is 0.491 e. The number of carbonyl (C=O) groups excluding carboxylic acids is 2. The molecule has 1 heterocycles. The summed E-state index contributed by atoms with van der Waals surface area (Å²) in [6, 6.07) is 3.21. The van der Waals surface area contributed by atoms with Crippen molar-refractivity contribution in [3.8, 4) is 5.75 Å². The summed E-state index contributed by atoms with van der Waals surface area (Å²) < 4.78 is 42.3. The van der Waals surface area contributed by atoms with Gasteiger partial charge in [-0.25, -0.2) is 0 Å². The second-order valence-corrected chi connectivity index (χ2v) is 4.55. The lowest BCUT2D eigenvalue weighted by Crippen LogP contribution is -2.41. The number of ether oxygens (including phenoxy) is 1. The molecule has 3 nitrogen and oxygen atoms in total. The molecule has 0 aromatic heterocycles. The highest BCUT2D eigenvalue weighted by Crippen LogP contribution is 2.34. The van der Waals surface area contributed by atoms with E-state index in [-0.39, 0.29) is 11.3 Å². The van der Waals surface area contributed by atoms with Crippen LogP contribution in [0.15, 0.2) is 12.1 Å². The normalized spacial score (nSPS) is 18.8. The van der Waals surface area contributed by atoms with Crippen molar-refractivity contribution in [2.75, 3.05) is 6.61 Å². The van der Waals surface area contributed by atoms with Crippen LogP contribution < -0.4 is 4.74 Å². The smallest absolute Gasteiger partial charge is 0.450 e. The summed E-state index contributed by atoms with van der Waals surface area (Å²) in [5, 5.41) is 0. The Kier molecular flexibility index (Phi) is 3.12. The van der Waals surface area contributed by atoms with E-state index in [0.717, 1.165) is 5.56 Å². The summed E-state index contributed by atoms with van der Waals surface area (Å²) in [4.78, 5) is 23.2. The first-order chi connectivity index (χ1) is 8.71. The molecule has 0 saturated carbocycles. The Balaban J connectivity index is 2.43. The third-order valence-corrected chi connectivity index (χ3v) is 2.99. The van der Waals surface area contributed by atoms with Gasteiger partial charge in [0.2, 0.25) is 0 Å². The molecule has 19 heavy (non-hydrogen) atoms. The fourth-order valence-corrected chi connectivity index (χ4v) is 2.15. The number of halogens is 3. The van der Waals surface area contributed by atoms with Gasteiger partial charge in [0.05, 0.1) is 5.56 Å². The van der Waals surface area contributed by atoms with Crippen molar-refractivity contribution in [2.45, 2.75) is 20.0 Å². The lowest BCUT2D eigenvalue weighted by molar-refractivity contribution is -0.174. The molecular formula is C13H11F3O3. The van der Waals surface area contributed by atoms with Crippen LogP contribution in [0.5, 0.6) is 5.75 Å². The molecule has 0 bridgehead atoms. The van der Waals surface area contributed by atoms with Gasteiger partial charge in [-0.15, -0.1) is 0 Å². The average molecular weight is 272 g/mol. The van der Waals surface area contributed by atoms with Crippen LogP contribution in [-0.4, -0.2) is 24.3 Å². The van der Waals surface area contributed by atoms with Gasteiger partial charge in [-0.1, -0.05) is 6.07 Å². The molecule has 6 heteroatoms. The molecule has 1 aromatic carbocycles. The molecule has 0 fully saturated rings. The van der Waals surface area contributed by atoms with E-state index in [4.69, 9.17) is 4.74 Å². The molecule has 0 N–H and O–H groups in total. The standard InChI is InChI=1S/C13H11F3O3/c1-6-3-7(2)11-8(4-6)10(17)9(5-19-11)12(18)13(14,15)16/h3-4,9H,5H2,1-2H3. The zero-order chi connectivity index (χ0) is 14.4. The maximum atomic E-state index is 12.4. The Morgan fingerprint density at radius 1 is 1.32 bits per heavy atom. The monoisotopic (exact) mass is 272 g/mol. The lowest BCUT2D eigenvalue weighted by atomic mass is 9.89. The predicted octanol–water partition coefficient (Wildman–Crippen LogP) is 2.63. The molecule has 1 aliphatic rings. The summed E-state index contributed by atoms with van der Waals surface area (Å²) in [7, 11) is 0. The number of fused-ring (bicyclic) bond motifs is 1. The van der Waals surface area contributed by atoms with Gasteiger partial charge >= 0.3 is 6.18 Å². The molecule has 1 atom stereocenters. The SMILES string of the molecule is Cc1cc(C)c2c(c1)C(=O)C(C(=O)C(F)(F)F)CO2. The van der Waals surface area contributed by atoms with Gasteiger partial charge in [0.1, 0.15) is 18.3 Å². The van der Waals surface area contributed by atoms with E-state index in [0.29, 0.717) is 5.56 Å². The Hall–Kier alpha value is -1.85. The van der Waals surface area contributed by atoms with E-state index < -0.39 is 30.3 Å². The van der Waals surface area contributed by atoms with E-state index in [1.54, 1.807) is 19.9 Å². The summed E-state index contributed by atoms with van der Waals surface area (Å²) in [6.45, 7) is 2.86. The highest BCUT2D eigenvalue weighted by molar-refractivity contribution is 6.14. The molecule has 1 aromatic rings. The van der Waals surface area contributed by atoms with Crippen molar-refractivity contribution < 1.29 is 27.5 Å². The number of benzene rings is 1. The van der Waals surface area contributed by atoms with Crippen molar-refractivity contribution in [3.05, 3.63) is 28.8 Å². The topological polar surface area (TPSA) is 43.4 Å². The zero-order valence-corrected chi connectivity index (χ0v) is 10.3. The molecule has 0 spiro atoms. The highest BCUT2D eigenvalue weighted by Gasteiger charge is 2.48. The third kappa shape index (κ3) is 2.34. The van der Waals surface area contributed by atoms with Gasteiger partial charge in [0, 0.05) is 0 Å². The van der Waals surface area contributed by atoms with Gasteiger partial charge in [-0.05, 0) is 31.0 Å². The molecule has 0 aliphatic carbocycles. The van der Waals surface area contributed by atoms with Crippen molar-refractivity contribution in [2.24, 2.45) is 5.92 Å². The molecule has 0 radical (unpaired) electrons. The summed E-state index contributed by atoms with van der Waals surface area (Å²) >= 11 is 0. The number of Topliss-reactive ketones (excluding diaryl/α,β-unsaturated/α-hetero) is 2. The van der Waals surface area contributed by atoms with E-state index in [1.807, 2.05) is 0 Å². The maximum absolute atomic E-state index is 12.4. The van der Waals surface area contributed by atoms with Crippen LogP contribution in [0.4, 0.5) is 13.2 Å². The Morgan fingerprint density at radius 3 is 2.53 bits per heavy atom. The Labute approximate surface area is 107 Å². The lowest BCUT2D eigenvalue weighted by Gasteiger charge is -2.25. The van der Waals surface area contributed by atoms with E-state index >= 15 is 0 Å². The predicted molar refractivity (Wildman–Crippen MR) is 60.3 cm³/mol. The Bertz CT molecular complexity index is 561. The average Bonchev–Trinajstić information content (AvgIpc) is 2.28. The van der Waals surface area contributed by atoms with Crippen molar-refractivity contribution in [1.82, 2.24) is 0 Å². The second-order valence-electron chi connectivity index (χ2n) is 4.55. The maximum Gasteiger partial charge on any atom is 0.450 e. The molecular weight excluding hydrogens is 261 g/mol. The zero-order valence-electron chi connectivity index (χ0n) is 10.3. The fraction of sp³-hybridized carbons (Fsp3) is 0.385. The second kappa shape index (κ2) is 4.36. The summed E-state index contributed by atoms with van der Waals surface area (Å²) in [5.74, 6) is -4.41. The molecule has 1 unspecified atom stereocenters. The molecule has 2 rings (SSSR count). The van der Waals surface area contributed by atoms with Gasteiger partial charge in [-0.2, -0.15) is 13.2 Å². The van der Waals surface area contributed by atoms with Crippen LogP contribution >= 0.6 is 0 Å². The van der Waals surface area contributed by atoms with Crippen LogP contribution in [0.25, 0.3) is 0 Å². The molecule has 0 saturated heterocycles. The van der Waals surface area contributed by atoms with Crippen LogP contribution in [0.1, 0.15) is 21.5 Å². The number of rotatable bonds is 1. The minimum atomic E-state index is -5.03. The third-order valence-electron chi connectivity index (χ3n) is 2.99. The Morgan fingerprint density at radius 2 is 1.95 bits per heavy atom. The van der Waals surface area contributed by atoms with Gasteiger partial charge in [0.15, 0.2) is 5.78 Å². The van der Waals surface area contributed by atoms with E-state index in [9.17, 15) is 22.8 Å². The van der Waals surface area contributed by atoms with E-state index in [2.05, 4.69) is 0 Å².